The van der Waals surface area contributed by atoms with Crippen LogP contribution in [0, 0.1) is 0 Å². The maximum atomic E-state index is 5.46. The predicted molar refractivity (Wildman–Crippen MR) is 62.2 cm³/mol. The molecule has 0 atom stereocenters. The Morgan fingerprint density at radius 2 is 2.15 bits per heavy atom. The predicted octanol–water partition coefficient (Wildman–Crippen LogP) is 3.75. The normalized spacial score (nSPS) is 10.3. The number of halogens is 2. The van der Waals surface area contributed by atoms with Crippen molar-refractivity contribution in [3.8, 4) is 0 Å². The third-order valence-corrected chi connectivity index (χ3v) is 2.63. The van der Waals surface area contributed by atoms with E-state index in [0.717, 1.165) is 22.8 Å². The zero-order valence-corrected chi connectivity index (χ0v) is 10.5. The van der Waals surface area contributed by atoms with Gasteiger partial charge in [-0.25, -0.2) is 0 Å². The van der Waals surface area contributed by atoms with E-state index in [0.29, 0.717) is 6.61 Å². The van der Waals surface area contributed by atoms with E-state index in [1.54, 1.807) is 0 Å². The van der Waals surface area contributed by atoms with Crippen molar-refractivity contribution in [2.24, 2.45) is 0 Å². The van der Waals surface area contributed by atoms with Gasteiger partial charge in [-0.15, -0.1) is 0 Å². The lowest BCUT2D eigenvalue weighted by molar-refractivity contribution is 0.122. The lowest BCUT2D eigenvalue weighted by Gasteiger charge is -2.03. The van der Waals surface area contributed by atoms with Gasteiger partial charge in [-0.1, -0.05) is 44.0 Å². The first-order valence-electron chi connectivity index (χ1n) is 4.21. The van der Waals surface area contributed by atoms with Crippen molar-refractivity contribution in [3.05, 3.63) is 34.3 Å². The highest BCUT2D eigenvalue weighted by Crippen LogP contribution is 2.12. The Kier molecular flexibility index (Phi) is 5.67. The monoisotopic (exact) mass is 306 g/mol. The molecule has 0 spiro atoms. The molecule has 1 aromatic carbocycles. The molecule has 0 bridgehead atoms. The fourth-order valence-corrected chi connectivity index (χ4v) is 1.65. The molecule has 1 aromatic rings. The quantitative estimate of drug-likeness (QED) is 0.594. The number of benzene rings is 1. The smallest absolute Gasteiger partial charge is 0.0717 e. The van der Waals surface area contributed by atoms with E-state index in [1.165, 1.54) is 5.56 Å². The van der Waals surface area contributed by atoms with Crippen LogP contribution in [0.2, 0.25) is 0 Å². The summed E-state index contributed by atoms with van der Waals surface area (Å²) in [6, 6.07) is 8.18. The Morgan fingerprint density at radius 3 is 2.85 bits per heavy atom. The second-order valence-electron chi connectivity index (χ2n) is 2.73. The Bertz CT molecular complexity index is 250. The molecule has 3 heteroatoms. The Labute approximate surface area is 95.7 Å². The molecule has 0 radical (unpaired) electrons. The van der Waals surface area contributed by atoms with Crippen LogP contribution >= 0.6 is 31.9 Å². The third kappa shape index (κ3) is 4.79. The molecule has 1 rings (SSSR count). The molecule has 0 saturated heterocycles. The van der Waals surface area contributed by atoms with E-state index in [9.17, 15) is 0 Å². The van der Waals surface area contributed by atoms with E-state index in [-0.39, 0.29) is 0 Å². The van der Waals surface area contributed by atoms with Crippen molar-refractivity contribution in [1.29, 1.82) is 0 Å². The lowest BCUT2D eigenvalue weighted by atomic mass is 10.2. The summed E-state index contributed by atoms with van der Waals surface area (Å²) < 4.78 is 6.57. The maximum Gasteiger partial charge on any atom is 0.0717 e. The Morgan fingerprint density at radius 1 is 1.31 bits per heavy atom. The summed E-state index contributed by atoms with van der Waals surface area (Å²) in [5, 5.41) is 1.01. The molecule has 0 aliphatic carbocycles. The van der Waals surface area contributed by atoms with E-state index in [4.69, 9.17) is 4.74 Å². The van der Waals surface area contributed by atoms with E-state index in [1.807, 2.05) is 12.1 Å². The Hall–Kier alpha value is 0.140. The molecule has 0 heterocycles. The average Bonchev–Trinajstić information content (AvgIpc) is 2.13. The summed E-state index contributed by atoms with van der Waals surface area (Å²) in [5.41, 5.74) is 1.21. The molecule has 13 heavy (non-hydrogen) atoms. The van der Waals surface area contributed by atoms with E-state index < -0.39 is 0 Å². The largest absolute Gasteiger partial charge is 0.377 e. The highest BCUT2D eigenvalue weighted by Gasteiger charge is 1.93. The van der Waals surface area contributed by atoms with Gasteiger partial charge in [0.2, 0.25) is 0 Å². The second-order valence-corrected chi connectivity index (χ2v) is 4.43. The summed E-state index contributed by atoms with van der Waals surface area (Å²) in [4.78, 5) is 0. The molecule has 0 aliphatic heterocycles. The average molecular weight is 308 g/mol. The maximum absolute atomic E-state index is 5.46. The van der Waals surface area contributed by atoms with Gasteiger partial charge in [0, 0.05) is 16.4 Å². The van der Waals surface area contributed by atoms with Gasteiger partial charge in [0.1, 0.15) is 0 Å². The van der Waals surface area contributed by atoms with Crippen LogP contribution in [0.15, 0.2) is 28.7 Å². The first-order chi connectivity index (χ1) is 6.33. The van der Waals surface area contributed by atoms with Gasteiger partial charge in [-0.2, -0.15) is 0 Å². The van der Waals surface area contributed by atoms with Crippen LogP contribution in [0.25, 0.3) is 0 Å². The summed E-state index contributed by atoms with van der Waals surface area (Å²) in [5.74, 6) is 0. The van der Waals surface area contributed by atoms with E-state index >= 15 is 0 Å². The van der Waals surface area contributed by atoms with Crippen LogP contribution in [-0.2, 0) is 11.3 Å². The molecule has 0 N–H and O–H groups in total. The van der Waals surface area contributed by atoms with Crippen molar-refractivity contribution in [3.63, 3.8) is 0 Å². The minimum Gasteiger partial charge on any atom is -0.377 e. The van der Waals surface area contributed by atoms with Crippen molar-refractivity contribution in [2.75, 3.05) is 11.9 Å². The fourth-order valence-electron chi connectivity index (χ4n) is 0.973. The minimum atomic E-state index is 0.701. The van der Waals surface area contributed by atoms with E-state index in [2.05, 4.69) is 44.0 Å². The van der Waals surface area contributed by atoms with Gasteiger partial charge in [-0.3, -0.25) is 0 Å². The molecule has 72 valence electrons. The summed E-state index contributed by atoms with van der Waals surface area (Å²) in [6.07, 6.45) is 1.06. The molecular formula is C10H12Br2O. The molecule has 0 aliphatic rings. The molecule has 0 amide bonds. The molecule has 0 saturated carbocycles. The Balaban J connectivity index is 2.28. The fraction of sp³-hybridized carbons (Fsp3) is 0.400. The zero-order valence-electron chi connectivity index (χ0n) is 7.30. The second kappa shape index (κ2) is 6.57. The summed E-state index contributed by atoms with van der Waals surface area (Å²) in [6.45, 7) is 1.52. The molecule has 0 unspecified atom stereocenters. The topological polar surface area (TPSA) is 9.23 Å². The van der Waals surface area contributed by atoms with Gasteiger partial charge in [-0.05, 0) is 24.1 Å². The number of ether oxygens (including phenoxy) is 1. The van der Waals surface area contributed by atoms with Crippen molar-refractivity contribution >= 4 is 31.9 Å². The van der Waals surface area contributed by atoms with Crippen LogP contribution in [0.4, 0.5) is 0 Å². The SMILES string of the molecule is BrCCCOCc1cccc(Br)c1. The third-order valence-electron chi connectivity index (χ3n) is 1.58. The zero-order chi connectivity index (χ0) is 9.52. The van der Waals surface area contributed by atoms with Crippen LogP contribution in [0.5, 0.6) is 0 Å². The minimum absolute atomic E-state index is 0.701. The van der Waals surface area contributed by atoms with Crippen LogP contribution in [-0.4, -0.2) is 11.9 Å². The molecular weight excluding hydrogens is 296 g/mol. The molecule has 0 aromatic heterocycles. The van der Waals surface area contributed by atoms with Gasteiger partial charge in [0.05, 0.1) is 6.61 Å². The summed E-state index contributed by atoms with van der Waals surface area (Å²) in [7, 11) is 0. The molecule has 0 fully saturated rings. The molecule has 1 nitrogen and oxygen atoms in total. The van der Waals surface area contributed by atoms with Crippen LogP contribution in [0.1, 0.15) is 12.0 Å². The highest BCUT2D eigenvalue weighted by atomic mass is 79.9. The number of hydrogen-bond acceptors (Lipinski definition) is 1. The first kappa shape index (κ1) is 11.2. The van der Waals surface area contributed by atoms with Crippen molar-refractivity contribution in [2.45, 2.75) is 13.0 Å². The standard InChI is InChI=1S/C10H12Br2O/c11-5-2-6-13-8-9-3-1-4-10(12)7-9/h1,3-4,7H,2,5-6,8H2. The van der Waals surface area contributed by atoms with Gasteiger partial charge in [0.25, 0.3) is 0 Å². The summed E-state index contributed by atoms with van der Waals surface area (Å²) >= 11 is 6.78. The van der Waals surface area contributed by atoms with Gasteiger partial charge in [0.15, 0.2) is 0 Å². The van der Waals surface area contributed by atoms with Crippen molar-refractivity contribution in [1.82, 2.24) is 0 Å². The number of hydrogen-bond donors (Lipinski definition) is 0. The lowest BCUT2D eigenvalue weighted by Crippen LogP contribution is -1.95. The number of rotatable bonds is 5. The van der Waals surface area contributed by atoms with Gasteiger partial charge < -0.3 is 4.74 Å². The highest BCUT2D eigenvalue weighted by molar-refractivity contribution is 9.10. The van der Waals surface area contributed by atoms with Crippen molar-refractivity contribution < 1.29 is 4.74 Å². The number of alkyl halides is 1. The first-order valence-corrected chi connectivity index (χ1v) is 6.12. The van der Waals surface area contributed by atoms with Crippen LogP contribution < -0.4 is 0 Å². The van der Waals surface area contributed by atoms with Gasteiger partial charge >= 0.3 is 0 Å². The van der Waals surface area contributed by atoms with Crippen LogP contribution in [0.3, 0.4) is 0 Å².